The van der Waals surface area contributed by atoms with Crippen molar-refractivity contribution in [3.8, 4) is 12.1 Å². The van der Waals surface area contributed by atoms with Crippen LogP contribution < -0.4 is 5.73 Å². The predicted octanol–water partition coefficient (Wildman–Crippen LogP) is 0.213. The van der Waals surface area contributed by atoms with Crippen molar-refractivity contribution >= 4 is 11.9 Å². The largest absolute Gasteiger partial charge is 0.448 e. The minimum atomic E-state index is -0.812. The molecule has 15 heavy (non-hydrogen) atoms. The van der Waals surface area contributed by atoms with Crippen LogP contribution in [0, 0.1) is 22.7 Å². The number of aromatic nitrogens is 2. The van der Waals surface area contributed by atoms with E-state index in [2.05, 4.69) is 9.84 Å². The Labute approximate surface area is 85.3 Å². The molecule has 7 nitrogen and oxygen atoms in total. The molecule has 1 aromatic heterocycles. The first kappa shape index (κ1) is 10.5. The monoisotopic (exact) mass is 205 g/mol. The maximum absolute atomic E-state index is 11.2. The maximum atomic E-state index is 11.2. The highest BCUT2D eigenvalue weighted by molar-refractivity contribution is 5.76. The fourth-order valence-corrected chi connectivity index (χ4v) is 0.943. The van der Waals surface area contributed by atoms with Crippen LogP contribution in [0.1, 0.15) is 18.2 Å². The number of carbonyl (C=O) groups excluding carboxylic acids is 1. The van der Waals surface area contributed by atoms with Gasteiger partial charge in [-0.25, -0.2) is 4.79 Å². The molecule has 2 N–H and O–H groups in total. The number of ether oxygens (including phenoxy) is 1. The summed E-state index contributed by atoms with van der Waals surface area (Å²) < 4.78 is 5.32. The van der Waals surface area contributed by atoms with Crippen molar-refractivity contribution in [2.75, 3.05) is 12.3 Å². The number of rotatable bonds is 1. The van der Waals surface area contributed by atoms with Gasteiger partial charge in [-0.3, -0.25) is 0 Å². The lowest BCUT2D eigenvalue weighted by atomic mass is 10.3. The summed E-state index contributed by atoms with van der Waals surface area (Å²) >= 11 is 0. The number of hydrogen-bond donors (Lipinski definition) is 1. The molecule has 0 fully saturated rings. The van der Waals surface area contributed by atoms with Crippen LogP contribution in [0.15, 0.2) is 0 Å². The molecule has 0 aromatic carbocycles. The van der Waals surface area contributed by atoms with Crippen LogP contribution in [0.3, 0.4) is 0 Å². The Kier molecular flexibility index (Phi) is 2.89. The summed E-state index contributed by atoms with van der Waals surface area (Å²) in [7, 11) is 0. The third-order valence-electron chi connectivity index (χ3n) is 1.58. The van der Waals surface area contributed by atoms with Crippen LogP contribution in [0.25, 0.3) is 0 Å². The van der Waals surface area contributed by atoms with Gasteiger partial charge in [-0.1, -0.05) is 0 Å². The molecular formula is C8H7N5O2. The van der Waals surface area contributed by atoms with Crippen LogP contribution in [-0.4, -0.2) is 22.5 Å². The molecule has 0 spiro atoms. The minimum absolute atomic E-state index is 0.120. The van der Waals surface area contributed by atoms with E-state index in [9.17, 15) is 4.79 Å². The van der Waals surface area contributed by atoms with Gasteiger partial charge in [-0.05, 0) is 6.92 Å². The third-order valence-corrected chi connectivity index (χ3v) is 1.58. The summed E-state index contributed by atoms with van der Waals surface area (Å²) in [5, 5.41) is 20.8. The first-order chi connectivity index (χ1) is 7.15. The van der Waals surface area contributed by atoms with Gasteiger partial charge in [0, 0.05) is 0 Å². The quantitative estimate of drug-likeness (QED) is 0.700. The molecule has 1 aromatic rings. The number of anilines is 1. The van der Waals surface area contributed by atoms with Gasteiger partial charge in [0.2, 0.25) is 0 Å². The first-order valence-electron chi connectivity index (χ1n) is 4.01. The van der Waals surface area contributed by atoms with Gasteiger partial charge in [0.05, 0.1) is 6.61 Å². The van der Waals surface area contributed by atoms with Crippen molar-refractivity contribution in [3.63, 3.8) is 0 Å². The van der Waals surface area contributed by atoms with E-state index in [1.54, 1.807) is 19.1 Å². The SMILES string of the molecule is CCOC(=O)n1nc(C#N)c(C#N)c1N. The second-order valence-corrected chi connectivity index (χ2v) is 2.44. The van der Waals surface area contributed by atoms with Crippen molar-refractivity contribution < 1.29 is 9.53 Å². The lowest BCUT2D eigenvalue weighted by Crippen LogP contribution is -2.17. The Morgan fingerprint density at radius 2 is 2.27 bits per heavy atom. The number of hydrogen-bond acceptors (Lipinski definition) is 6. The van der Waals surface area contributed by atoms with E-state index in [1.807, 2.05) is 0 Å². The highest BCUT2D eigenvalue weighted by Crippen LogP contribution is 2.14. The van der Waals surface area contributed by atoms with Crippen molar-refractivity contribution in [1.82, 2.24) is 9.78 Å². The van der Waals surface area contributed by atoms with E-state index in [1.165, 1.54) is 0 Å². The molecule has 0 atom stereocenters. The lowest BCUT2D eigenvalue weighted by molar-refractivity contribution is 0.151. The molecule has 0 saturated heterocycles. The molecule has 0 aliphatic carbocycles. The second kappa shape index (κ2) is 4.11. The Morgan fingerprint density at radius 1 is 1.60 bits per heavy atom. The summed E-state index contributed by atoms with van der Waals surface area (Å²) in [6, 6.07) is 3.36. The summed E-state index contributed by atoms with van der Waals surface area (Å²) in [5.74, 6) is -0.187. The molecular weight excluding hydrogens is 198 g/mol. The zero-order valence-corrected chi connectivity index (χ0v) is 7.89. The van der Waals surface area contributed by atoms with E-state index < -0.39 is 6.09 Å². The zero-order chi connectivity index (χ0) is 11.4. The highest BCUT2D eigenvalue weighted by Gasteiger charge is 2.19. The standard InChI is InChI=1S/C8H7N5O2/c1-2-15-8(14)13-7(11)5(3-9)6(4-10)12-13/h2,11H2,1H3. The molecule has 0 amide bonds. The first-order valence-corrected chi connectivity index (χ1v) is 4.01. The van der Waals surface area contributed by atoms with Crippen LogP contribution in [0.2, 0.25) is 0 Å². The van der Waals surface area contributed by atoms with Gasteiger partial charge in [0.15, 0.2) is 11.5 Å². The fraction of sp³-hybridized carbons (Fsp3) is 0.250. The van der Waals surface area contributed by atoms with E-state index in [0.29, 0.717) is 4.68 Å². The number of nitrogens with two attached hydrogens (primary N) is 1. The van der Waals surface area contributed by atoms with Crippen molar-refractivity contribution in [1.29, 1.82) is 10.5 Å². The van der Waals surface area contributed by atoms with Crippen LogP contribution in [0.5, 0.6) is 0 Å². The Morgan fingerprint density at radius 3 is 2.67 bits per heavy atom. The van der Waals surface area contributed by atoms with E-state index in [0.717, 1.165) is 0 Å². The molecule has 0 aliphatic rings. The Balaban J connectivity index is 3.24. The smallest absolute Gasteiger partial charge is 0.436 e. The molecule has 1 heterocycles. The molecule has 7 heteroatoms. The van der Waals surface area contributed by atoms with E-state index in [-0.39, 0.29) is 23.7 Å². The number of nitrogen functional groups attached to an aromatic ring is 1. The van der Waals surface area contributed by atoms with Crippen molar-refractivity contribution in [2.24, 2.45) is 0 Å². The van der Waals surface area contributed by atoms with Crippen LogP contribution >= 0.6 is 0 Å². The lowest BCUT2D eigenvalue weighted by Gasteiger charge is -2.01. The van der Waals surface area contributed by atoms with Gasteiger partial charge in [0.1, 0.15) is 17.7 Å². The van der Waals surface area contributed by atoms with E-state index in [4.69, 9.17) is 16.3 Å². The number of nitrogens with zero attached hydrogens (tertiary/aromatic N) is 4. The second-order valence-electron chi connectivity index (χ2n) is 2.44. The topological polar surface area (TPSA) is 118 Å². The predicted molar refractivity (Wildman–Crippen MR) is 48.5 cm³/mol. The molecule has 76 valence electrons. The molecule has 0 unspecified atom stereocenters. The zero-order valence-electron chi connectivity index (χ0n) is 7.89. The number of nitriles is 2. The summed E-state index contributed by atoms with van der Waals surface area (Å²) in [5.41, 5.74) is 5.14. The molecule has 0 bridgehead atoms. The minimum Gasteiger partial charge on any atom is -0.448 e. The Hall–Kier alpha value is -2.54. The average Bonchev–Trinajstić information content (AvgIpc) is 2.55. The normalized spacial score (nSPS) is 9.00. The third kappa shape index (κ3) is 1.71. The average molecular weight is 205 g/mol. The Bertz CT molecular complexity index is 476. The summed E-state index contributed by atoms with van der Waals surface area (Å²) in [4.78, 5) is 11.2. The van der Waals surface area contributed by atoms with Crippen LogP contribution in [0.4, 0.5) is 10.6 Å². The van der Waals surface area contributed by atoms with Gasteiger partial charge < -0.3 is 10.5 Å². The van der Waals surface area contributed by atoms with E-state index >= 15 is 0 Å². The molecule has 0 saturated carbocycles. The fourth-order valence-electron chi connectivity index (χ4n) is 0.943. The highest BCUT2D eigenvalue weighted by atomic mass is 16.6. The number of carbonyl (C=O) groups is 1. The van der Waals surface area contributed by atoms with Crippen molar-refractivity contribution in [3.05, 3.63) is 11.3 Å². The van der Waals surface area contributed by atoms with Gasteiger partial charge in [-0.2, -0.15) is 10.5 Å². The molecule has 0 aliphatic heterocycles. The van der Waals surface area contributed by atoms with Crippen LogP contribution in [-0.2, 0) is 4.74 Å². The van der Waals surface area contributed by atoms with Gasteiger partial charge >= 0.3 is 6.09 Å². The van der Waals surface area contributed by atoms with Gasteiger partial charge in [0.25, 0.3) is 0 Å². The summed E-state index contributed by atoms with van der Waals surface area (Å²) in [6.07, 6.45) is -0.812. The molecule has 0 radical (unpaired) electrons. The van der Waals surface area contributed by atoms with Crippen molar-refractivity contribution in [2.45, 2.75) is 6.92 Å². The molecule has 1 rings (SSSR count). The summed E-state index contributed by atoms with van der Waals surface area (Å²) in [6.45, 7) is 1.77. The maximum Gasteiger partial charge on any atom is 0.436 e. The van der Waals surface area contributed by atoms with Gasteiger partial charge in [-0.15, -0.1) is 9.78 Å².